The smallest absolute Gasteiger partial charge is 0.238 e. The number of carbonyl (C=O) groups is 1. The minimum absolute atomic E-state index is 0.231. The fraction of sp³-hybridized carbons (Fsp3) is 0.350. The molecule has 1 amide bonds. The Kier molecular flexibility index (Phi) is 3.37. The highest BCUT2D eigenvalue weighted by Gasteiger charge is 2.53. The normalized spacial score (nSPS) is 17.8. The molecule has 4 rings (SSSR count). The van der Waals surface area contributed by atoms with Gasteiger partial charge in [-0.05, 0) is 25.0 Å². The van der Waals surface area contributed by atoms with Gasteiger partial charge in [0.1, 0.15) is 16.9 Å². The predicted octanol–water partition coefficient (Wildman–Crippen LogP) is 4.11. The van der Waals surface area contributed by atoms with E-state index in [1.54, 1.807) is 0 Å². The molecule has 2 aliphatic rings. The molecule has 2 aliphatic heterocycles. The van der Waals surface area contributed by atoms with E-state index in [9.17, 15) is 4.79 Å². The highest BCUT2D eigenvalue weighted by molar-refractivity contribution is 5.96. The second kappa shape index (κ2) is 5.41. The number of unbranched alkanes of at least 4 members (excludes halogenated alkanes) is 1. The van der Waals surface area contributed by atoms with Gasteiger partial charge < -0.3 is 9.64 Å². The zero-order valence-corrected chi connectivity index (χ0v) is 13.4. The Morgan fingerprint density at radius 3 is 2.26 bits per heavy atom. The zero-order chi connectivity index (χ0) is 15.9. The third-order valence-corrected chi connectivity index (χ3v) is 5.10. The van der Waals surface area contributed by atoms with Crippen molar-refractivity contribution in [3.63, 3.8) is 0 Å². The Morgan fingerprint density at radius 1 is 1.04 bits per heavy atom. The van der Waals surface area contributed by atoms with Crippen LogP contribution in [-0.4, -0.2) is 23.9 Å². The quantitative estimate of drug-likeness (QED) is 0.854. The van der Waals surface area contributed by atoms with E-state index in [0.29, 0.717) is 0 Å². The van der Waals surface area contributed by atoms with Gasteiger partial charge >= 0.3 is 0 Å². The maximum Gasteiger partial charge on any atom is 0.238 e. The summed E-state index contributed by atoms with van der Waals surface area (Å²) >= 11 is 0. The standard InChI is InChI=1S/C20H21NO2/c1-2-3-13-21-14-12-20(19(21)22)15-8-4-6-10-17(15)23-18-11-7-5-9-16(18)20/h4-11H,2-3,12-14H2,1H3. The van der Waals surface area contributed by atoms with Crippen LogP contribution in [0.3, 0.4) is 0 Å². The first-order valence-corrected chi connectivity index (χ1v) is 8.43. The molecular formula is C20H21NO2. The van der Waals surface area contributed by atoms with E-state index in [2.05, 4.69) is 6.92 Å². The topological polar surface area (TPSA) is 29.5 Å². The largest absolute Gasteiger partial charge is 0.457 e. The lowest BCUT2D eigenvalue weighted by Gasteiger charge is -2.35. The van der Waals surface area contributed by atoms with Gasteiger partial charge in [-0.2, -0.15) is 0 Å². The van der Waals surface area contributed by atoms with Crippen LogP contribution >= 0.6 is 0 Å². The second-order valence-corrected chi connectivity index (χ2v) is 6.40. The number of fused-ring (bicyclic) bond motifs is 4. The number of likely N-dealkylation sites (tertiary alicyclic amines) is 1. The van der Waals surface area contributed by atoms with Gasteiger partial charge in [0.25, 0.3) is 0 Å². The van der Waals surface area contributed by atoms with Crippen LogP contribution in [-0.2, 0) is 10.2 Å². The van der Waals surface area contributed by atoms with Gasteiger partial charge in [-0.25, -0.2) is 0 Å². The van der Waals surface area contributed by atoms with Crippen LogP contribution in [0.25, 0.3) is 0 Å². The summed E-state index contributed by atoms with van der Waals surface area (Å²) in [6.07, 6.45) is 2.99. The van der Waals surface area contributed by atoms with Gasteiger partial charge in [0, 0.05) is 24.2 Å². The summed E-state index contributed by atoms with van der Waals surface area (Å²) in [5.41, 5.74) is 1.46. The van der Waals surface area contributed by atoms with Gasteiger partial charge in [0.15, 0.2) is 0 Å². The molecule has 118 valence electrons. The molecule has 2 aromatic rings. The summed E-state index contributed by atoms with van der Waals surface area (Å²) in [5, 5.41) is 0. The van der Waals surface area contributed by atoms with Crippen molar-refractivity contribution in [3.05, 3.63) is 59.7 Å². The first-order valence-electron chi connectivity index (χ1n) is 8.43. The van der Waals surface area contributed by atoms with E-state index in [0.717, 1.165) is 55.0 Å². The van der Waals surface area contributed by atoms with Crippen molar-refractivity contribution in [1.82, 2.24) is 4.90 Å². The van der Waals surface area contributed by atoms with Crippen molar-refractivity contribution in [2.75, 3.05) is 13.1 Å². The second-order valence-electron chi connectivity index (χ2n) is 6.40. The van der Waals surface area contributed by atoms with Gasteiger partial charge in [0.05, 0.1) is 0 Å². The molecule has 1 spiro atoms. The van der Waals surface area contributed by atoms with Crippen LogP contribution in [0.15, 0.2) is 48.5 Å². The Labute approximate surface area is 136 Å². The van der Waals surface area contributed by atoms with Crippen molar-refractivity contribution >= 4 is 5.91 Å². The Morgan fingerprint density at radius 2 is 1.65 bits per heavy atom. The summed E-state index contributed by atoms with van der Waals surface area (Å²) in [6.45, 7) is 3.83. The van der Waals surface area contributed by atoms with Crippen LogP contribution in [0, 0.1) is 0 Å². The van der Waals surface area contributed by atoms with Crippen molar-refractivity contribution in [2.45, 2.75) is 31.6 Å². The Balaban J connectivity index is 1.86. The molecule has 23 heavy (non-hydrogen) atoms. The van der Waals surface area contributed by atoms with Crippen LogP contribution in [0.5, 0.6) is 11.5 Å². The minimum atomic E-state index is -0.570. The van der Waals surface area contributed by atoms with E-state index < -0.39 is 5.41 Å². The van der Waals surface area contributed by atoms with Gasteiger partial charge in [-0.3, -0.25) is 4.79 Å². The molecule has 1 fully saturated rings. The molecular weight excluding hydrogens is 286 g/mol. The summed E-state index contributed by atoms with van der Waals surface area (Å²) in [6, 6.07) is 16.0. The lowest BCUT2D eigenvalue weighted by molar-refractivity contribution is -0.131. The summed E-state index contributed by atoms with van der Waals surface area (Å²) in [7, 11) is 0. The zero-order valence-electron chi connectivity index (χ0n) is 13.4. The number of hydrogen-bond donors (Lipinski definition) is 0. The minimum Gasteiger partial charge on any atom is -0.457 e. The first kappa shape index (κ1) is 14.3. The van der Waals surface area contributed by atoms with E-state index in [4.69, 9.17) is 4.74 Å². The maximum atomic E-state index is 13.4. The molecule has 0 saturated carbocycles. The van der Waals surface area contributed by atoms with Crippen molar-refractivity contribution in [3.8, 4) is 11.5 Å². The average Bonchev–Trinajstić information content (AvgIpc) is 2.91. The van der Waals surface area contributed by atoms with Gasteiger partial charge in [-0.15, -0.1) is 0 Å². The number of rotatable bonds is 3. The molecule has 2 heterocycles. The third-order valence-electron chi connectivity index (χ3n) is 5.10. The highest BCUT2D eigenvalue weighted by Crippen LogP contribution is 2.52. The Hall–Kier alpha value is -2.29. The molecule has 2 aromatic carbocycles. The first-order chi connectivity index (χ1) is 11.3. The number of nitrogens with zero attached hydrogens (tertiary/aromatic N) is 1. The lowest BCUT2D eigenvalue weighted by atomic mass is 9.71. The maximum absolute atomic E-state index is 13.4. The SMILES string of the molecule is CCCCN1CCC2(C1=O)c1ccccc1Oc1ccccc12. The third kappa shape index (κ3) is 1.99. The molecule has 0 atom stereocenters. The number of amides is 1. The van der Waals surface area contributed by atoms with Crippen molar-refractivity contribution in [1.29, 1.82) is 0 Å². The molecule has 1 saturated heterocycles. The number of ether oxygens (including phenoxy) is 1. The van der Waals surface area contributed by atoms with Crippen molar-refractivity contribution in [2.24, 2.45) is 0 Å². The number of para-hydroxylation sites is 2. The molecule has 0 aliphatic carbocycles. The Bertz CT molecular complexity index is 707. The molecule has 0 aromatic heterocycles. The monoisotopic (exact) mass is 307 g/mol. The lowest BCUT2D eigenvalue weighted by Crippen LogP contribution is -2.41. The van der Waals surface area contributed by atoms with Gasteiger partial charge in [-0.1, -0.05) is 49.7 Å². The van der Waals surface area contributed by atoms with E-state index in [-0.39, 0.29) is 5.91 Å². The average molecular weight is 307 g/mol. The van der Waals surface area contributed by atoms with E-state index >= 15 is 0 Å². The fourth-order valence-corrected chi connectivity index (χ4v) is 3.92. The molecule has 3 heteroatoms. The highest BCUT2D eigenvalue weighted by atomic mass is 16.5. The van der Waals surface area contributed by atoms with Crippen LogP contribution in [0.2, 0.25) is 0 Å². The molecule has 3 nitrogen and oxygen atoms in total. The molecule has 0 bridgehead atoms. The number of benzene rings is 2. The predicted molar refractivity (Wildman–Crippen MR) is 89.8 cm³/mol. The molecule has 0 radical (unpaired) electrons. The molecule has 0 N–H and O–H groups in total. The number of hydrogen-bond acceptors (Lipinski definition) is 2. The van der Waals surface area contributed by atoms with Crippen LogP contribution in [0.1, 0.15) is 37.3 Å². The summed E-state index contributed by atoms with van der Waals surface area (Å²) < 4.78 is 6.06. The number of carbonyl (C=O) groups excluding carboxylic acids is 1. The molecule has 0 unspecified atom stereocenters. The van der Waals surface area contributed by atoms with Crippen LogP contribution in [0.4, 0.5) is 0 Å². The van der Waals surface area contributed by atoms with Crippen molar-refractivity contribution < 1.29 is 9.53 Å². The van der Waals surface area contributed by atoms with Crippen LogP contribution < -0.4 is 4.74 Å². The summed E-state index contributed by atoms with van der Waals surface area (Å²) in [4.78, 5) is 15.4. The van der Waals surface area contributed by atoms with E-state index in [1.807, 2.05) is 53.4 Å². The fourth-order valence-electron chi connectivity index (χ4n) is 3.92. The van der Waals surface area contributed by atoms with E-state index in [1.165, 1.54) is 0 Å². The van der Waals surface area contributed by atoms with Gasteiger partial charge in [0.2, 0.25) is 5.91 Å². The summed E-state index contributed by atoms with van der Waals surface area (Å²) in [5.74, 6) is 1.86.